The molecule has 2 heterocycles. The van der Waals surface area contributed by atoms with Crippen molar-refractivity contribution in [2.45, 2.75) is 107 Å². The first-order valence-electron chi connectivity index (χ1n) is 9.47. The zero-order valence-corrected chi connectivity index (χ0v) is 14.8. The van der Waals surface area contributed by atoms with E-state index in [-0.39, 0.29) is 0 Å². The van der Waals surface area contributed by atoms with Crippen LogP contribution in [-0.4, -0.2) is 16.3 Å². The maximum Gasteiger partial charge on any atom is 0.136 e. The fourth-order valence-corrected chi connectivity index (χ4v) is 5.80. The molecule has 1 nitrogen and oxygen atoms in total. The predicted octanol–water partition coefficient (Wildman–Crippen LogP) is 6.15. The van der Waals surface area contributed by atoms with E-state index in [0.29, 0.717) is 11.7 Å². The molecule has 0 aromatic heterocycles. The Morgan fingerprint density at radius 2 is 1.48 bits per heavy atom. The summed E-state index contributed by atoms with van der Waals surface area (Å²) in [5, 5.41) is 1.62. The summed E-state index contributed by atoms with van der Waals surface area (Å²) < 4.78 is 0. The molecule has 2 aliphatic heterocycles. The highest BCUT2D eigenvalue weighted by molar-refractivity contribution is 8.00. The molecule has 2 aliphatic rings. The minimum atomic E-state index is 0.422. The van der Waals surface area contributed by atoms with Gasteiger partial charge in [0.05, 0.1) is 0 Å². The van der Waals surface area contributed by atoms with Crippen LogP contribution in [0, 0.1) is 5.92 Å². The normalized spacial score (nSPS) is 28.5. The van der Waals surface area contributed by atoms with Crippen LogP contribution in [0.1, 0.15) is 96.8 Å². The largest absolute Gasteiger partial charge is 0.299 e. The predicted molar refractivity (Wildman–Crippen MR) is 94.0 cm³/mol. The molecule has 2 fully saturated rings. The van der Waals surface area contributed by atoms with Crippen molar-refractivity contribution >= 4 is 17.5 Å². The summed E-state index contributed by atoms with van der Waals surface area (Å²) in [6.07, 6.45) is 18.0. The van der Waals surface area contributed by atoms with Crippen LogP contribution in [-0.2, 0) is 4.79 Å². The van der Waals surface area contributed by atoms with Gasteiger partial charge in [-0.25, -0.2) is 0 Å². The molecule has 2 rings (SSSR count). The van der Waals surface area contributed by atoms with Crippen LogP contribution in [0.2, 0.25) is 0 Å². The summed E-state index contributed by atoms with van der Waals surface area (Å²) in [6, 6.07) is 0. The van der Waals surface area contributed by atoms with Crippen LogP contribution in [0.3, 0.4) is 0 Å². The summed E-state index contributed by atoms with van der Waals surface area (Å²) in [5.74, 6) is 1.02. The Labute approximate surface area is 136 Å². The summed E-state index contributed by atoms with van der Waals surface area (Å²) in [6.45, 7) is 2.27. The lowest BCUT2D eigenvalue weighted by Crippen LogP contribution is -2.32. The molecule has 122 valence electrons. The molecule has 0 aromatic carbocycles. The molecule has 2 heteroatoms. The zero-order chi connectivity index (χ0) is 14.9. The highest BCUT2D eigenvalue weighted by Gasteiger charge is 2.34. The maximum absolute atomic E-state index is 12.4. The minimum Gasteiger partial charge on any atom is -0.299 e. The average molecular weight is 311 g/mol. The second-order valence-electron chi connectivity index (χ2n) is 7.17. The lowest BCUT2D eigenvalue weighted by molar-refractivity contribution is -0.123. The smallest absolute Gasteiger partial charge is 0.136 e. The van der Waals surface area contributed by atoms with Crippen LogP contribution in [0.25, 0.3) is 0 Å². The topological polar surface area (TPSA) is 17.1 Å². The molecule has 0 N–H and O–H groups in total. The zero-order valence-electron chi connectivity index (χ0n) is 13.9. The molecule has 0 radical (unpaired) electrons. The van der Waals surface area contributed by atoms with Crippen molar-refractivity contribution in [3.8, 4) is 0 Å². The first kappa shape index (κ1) is 17.4. The van der Waals surface area contributed by atoms with Crippen LogP contribution in [0.15, 0.2) is 0 Å². The number of ketones is 1. The van der Waals surface area contributed by atoms with Gasteiger partial charge < -0.3 is 0 Å². The van der Waals surface area contributed by atoms with E-state index in [9.17, 15) is 4.79 Å². The SMILES string of the molecule is CCCCCCCCCCC(=O)C1CC2CCCC(C1)S2. The van der Waals surface area contributed by atoms with E-state index >= 15 is 0 Å². The van der Waals surface area contributed by atoms with Gasteiger partial charge in [-0.1, -0.05) is 58.3 Å². The molecule has 0 aromatic rings. The van der Waals surface area contributed by atoms with Crippen molar-refractivity contribution in [3.63, 3.8) is 0 Å². The maximum atomic E-state index is 12.4. The van der Waals surface area contributed by atoms with Gasteiger partial charge >= 0.3 is 0 Å². The molecule has 2 saturated heterocycles. The Bertz CT molecular complexity index is 290. The minimum absolute atomic E-state index is 0.422. The van der Waals surface area contributed by atoms with Gasteiger partial charge in [0.15, 0.2) is 0 Å². The van der Waals surface area contributed by atoms with E-state index in [0.717, 1.165) is 23.3 Å². The molecule has 2 atom stereocenters. The standard InChI is InChI=1S/C19H34OS/c1-2-3-4-5-6-7-8-9-13-19(20)16-14-17-11-10-12-18(15-16)21-17/h16-18H,2-15H2,1H3. The van der Waals surface area contributed by atoms with E-state index in [1.807, 2.05) is 0 Å². The number of carbonyl (C=O) groups excluding carboxylic acids is 1. The number of carbonyl (C=O) groups is 1. The van der Waals surface area contributed by atoms with E-state index in [1.165, 1.54) is 77.0 Å². The van der Waals surface area contributed by atoms with Crippen molar-refractivity contribution < 1.29 is 4.79 Å². The van der Waals surface area contributed by atoms with Gasteiger partial charge in [-0.05, 0) is 32.1 Å². The molecule has 0 saturated carbocycles. The second-order valence-corrected chi connectivity index (χ2v) is 8.78. The first-order chi connectivity index (χ1) is 10.3. The Morgan fingerprint density at radius 1 is 0.905 bits per heavy atom. The fraction of sp³-hybridized carbons (Fsp3) is 0.947. The van der Waals surface area contributed by atoms with Gasteiger partial charge in [-0.3, -0.25) is 4.79 Å². The summed E-state index contributed by atoms with van der Waals surface area (Å²) in [4.78, 5) is 12.4. The van der Waals surface area contributed by atoms with Crippen molar-refractivity contribution in [1.82, 2.24) is 0 Å². The number of hydrogen-bond donors (Lipinski definition) is 0. The van der Waals surface area contributed by atoms with E-state index in [4.69, 9.17) is 0 Å². The molecule has 0 amide bonds. The number of hydrogen-bond acceptors (Lipinski definition) is 2. The Hall–Kier alpha value is 0.0200. The van der Waals surface area contributed by atoms with E-state index in [1.54, 1.807) is 0 Å². The van der Waals surface area contributed by atoms with Crippen molar-refractivity contribution in [2.24, 2.45) is 5.92 Å². The molecule has 0 aliphatic carbocycles. The quantitative estimate of drug-likeness (QED) is 0.450. The fourth-order valence-electron chi connectivity index (χ4n) is 3.96. The van der Waals surface area contributed by atoms with Crippen LogP contribution in [0.5, 0.6) is 0 Å². The summed E-state index contributed by atoms with van der Waals surface area (Å²) in [5.41, 5.74) is 0. The van der Waals surface area contributed by atoms with Gasteiger partial charge in [0, 0.05) is 22.8 Å². The third-order valence-electron chi connectivity index (χ3n) is 5.26. The van der Waals surface area contributed by atoms with Crippen LogP contribution >= 0.6 is 11.8 Å². The van der Waals surface area contributed by atoms with Crippen LogP contribution in [0.4, 0.5) is 0 Å². The molecule has 2 bridgehead atoms. The lowest BCUT2D eigenvalue weighted by atomic mass is 9.85. The number of thioether (sulfide) groups is 1. The molecule has 0 spiro atoms. The van der Waals surface area contributed by atoms with Gasteiger partial charge in [-0.15, -0.1) is 0 Å². The molecule has 2 unspecified atom stereocenters. The number of fused-ring (bicyclic) bond motifs is 2. The molecular weight excluding hydrogens is 276 g/mol. The monoisotopic (exact) mass is 310 g/mol. The first-order valence-corrected chi connectivity index (χ1v) is 10.4. The Morgan fingerprint density at radius 3 is 2.10 bits per heavy atom. The van der Waals surface area contributed by atoms with Crippen molar-refractivity contribution in [1.29, 1.82) is 0 Å². The van der Waals surface area contributed by atoms with Crippen LogP contribution < -0.4 is 0 Å². The van der Waals surface area contributed by atoms with E-state index < -0.39 is 0 Å². The van der Waals surface area contributed by atoms with Gasteiger partial charge in [0.2, 0.25) is 0 Å². The summed E-state index contributed by atoms with van der Waals surface area (Å²) >= 11 is 2.18. The average Bonchev–Trinajstić information content (AvgIpc) is 2.49. The molecular formula is C19H34OS. The van der Waals surface area contributed by atoms with E-state index in [2.05, 4.69) is 18.7 Å². The second kappa shape index (κ2) is 9.92. The third kappa shape index (κ3) is 6.34. The van der Waals surface area contributed by atoms with Gasteiger partial charge in [-0.2, -0.15) is 11.8 Å². The number of Topliss-reactive ketones (excluding diaryl/α,β-unsaturated/α-hetero) is 1. The van der Waals surface area contributed by atoms with Gasteiger partial charge in [0.25, 0.3) is 0 Å². The number of rotatable bonds is 10. The lowest BCUT2D eigenvalue weighted by Gasteiger charge is -2.38. The highest BCUT2D eigenvalue weighted by Crippen LogP contribution is 2.44. The molecule has 21 heavy (non-hydrogen) atoms. The Kier molecular flexibility index (Phi) is 8.21. The van der Waals surface area contributed by atoms with Gasteiger partial charge in [0.1, 0.15) is 5.78 Å². The van der Waals surface area contributed by atoms with Crippen molar-refractivity contribution in [2.75, 3.05) is 0 Å². The highest BCUT2D eigenvalue weighted by atomic mass is 32.2. The number of unbranched alkanes of at least 4 members (excludes halogenated alkanes) is 7. The van der Waals surface area contributed by atoms with Crippen molar-refractivity contribution in [3.05, 3.63) is 0 Å². The Balaban J connectivity index is 1.51. The third-order valence-corrected chi connectivity index (χ3v) is 6.89. The summed E-state index contributed by atoms with van der Waals surface area (Å²) in [7, 11) is 0.